The van der Waals surface area contributed by atoms with Crippen molar-refractivity contribution >= 4 is 11.6 Å². The molecule has 5 nitrogen and oxygen atoms in total. The highest BCUT2D eigenvalue weighted by atomic mass is 16.2. The molecule has 1 aliphatic heterocycles. The maximum atomic E-state index is 11.8. The third kappa shape index (κ3) is 4.63. The number of nitrogens with zero attached hydrogens (tertiary/aromatic N) is 2. The Bertz CT molecular complexity index is 427. The van der Waals surface area contributed by atoms with Crippen molar-refractivity contribution in [2.75, 3.05) is 45.1 Å². The molecule has 2 N–H and O–H groups in total. The minimum Gasteiger partial charge on any atom is -0.325 e. The van der Waals surface area contributed by atoms with Crippen molar-refractivity contribution < 1.29 is 4.79 Å². The van der Waals surface area contributed by atoms with Crippen LogP contribution in [0.4, 0.5) is 5.69 Å². The van der Waals surface area contributed by atoms with Crippen LogP contribution < -0.4 is 10.7 Å². The monoisotopic (exact) mass is 262 g/mol. The Hall–Kier alpha value is -1.43. The number of piperazine rings is 1. The van der Waals surface area contributed by atoms with Crippen molar-refractivity contribution in [3.8, 4) is 0 Å². The van der Waals surface area contributed by atoms with Crippen LogP contribution in [-0.2, 0) is 4.79 Å². The van der Waals surface area contributed by atoms with Crippen LogP contribution in [0.5, 0.6) is 0 Å². The van der Waals surface area contributed by atoms with E-state index in [0.29, 0.717) is 6.54 Å². The fourth-order valence-electron chi connectivity index (χ4n) is 2.08. The first-order chi connectivity index (χ1) is 9.13. The molecule has 0 atom stereocenters. The van der Waals surface area contributed by atoms with Crippen molar-refractivity contribution in [1.29, 1.82) is 0 Å². The lowest BCUT2D eigenvalue weighted by molar-refractivity contribution is -0.116. The Balaban J connectivity index is 1.73. The number of anilines is 1. The van der Waals surface area contributed by atoms with Gasteiger partial charge in [0.2, 0.25) is 5.91 Å². The molecule has 0 aromatic heterocycles. The maximum Gasteiger partial charge on any atom is 0.239 e. The fraction of sp³-hybridized carbons (Fsp3) is 0.500. The maximum absolute atomic E-state index is 11.8. The molecule has 0 saturated carbocycles. The summed E-state index contributed by atoms with van der Waals surface area (Å²) in [6.45, 7) is 6.30. The molecule has 1 heterocycles. The van der Waals surface area contributed by atoms with E-state index in [1.54, 1.807) is 0 Å². The van der Waals surface area contributed by atoms with E-state index < -0.39 is 0 Å². The topological polar surface area (TPSA) is 47.6 Å². The molecule has 0 radical (unpaired) electrons. The van der Waals surface area contributed by atoms with Crippen LogP contribution in [-0.4, -0.2) is 55.6 Å². The van der Waals surface area contributed by atoms with Crippen molar-refractivity contribution in [3.05, 3.63) is 29.8 Å². The number of benzene rings is 1. The Morgan fingerprint density at radius 2 is 2.00 bits per heavy atom. The molecular formula is C14H22N4O. The second-order valence-electron chi connectivity index (χ2n) is 5.04. The van der Waals surface area contributed by atoms with Gasteiger partial charge in [-0.05, 0) is 31.7 Å². The van der Waals surface area contributed by atoms with E-state index >= 15 is 0 Å². The third-order valence-electron chi connectivity index (χ3n) is 3.27. The summed E-state index contributed by atoms with van der Waals surface area (Å²) in [4.78, 5) is 14.1. The van der Waals surface area contributed by atoms with Crippen LogP contribution in [0, 0.1) is 6.92 Å². The second-order valence-corrected chi connectivity index (χ2v) is 5.04. The minimum absolute atomic E-state index is 0.00970. The molecule has 1 saturated heterocycles. The molecule has 0 spiro atoms. The average Bonchev–Trinajstić information content (AvgIpc) is 2.38. The van der Waals surface area contributed by atoms with Gasteiger partial charge in [-0.25, -0.2) is 10.4 Å². The Morgan fingerprint density at radius 1 is 1.26 bits per heavy atom. The van der Waals surface area contributed by atoms with Gasteiger partial charge in [-0.1, -0.05) is 12.1 Å². The number of carbonyl (C=O) groups is 1. The number of carbonyl (C=O) groups excluding carboxylic acids is 1. The SMILES string of the molecule is Cc1cccc(NC(=O)CNN2CCN(C)CC2)c1. The molecule has 1 amide bonds. The Morgan fingerprint density at radius 3 is 2.68 bits per heavy atom. The van der Waals surface area contributed by atoms with Crippen LogP contribution in [0.15, 0.2) is 24.3 Å². The summed E-state index contributed by atoms with van der Waals surface area (Å²) in [5.41, 5.74) is 5.17. The number of rotatable bonds is 4. The molecule has 5 heteroatoms. The minimum atomic E-state index is -0.00970. The summed E-state index contributed by atoms with van der Waals surface area (Å²) in [6, 6.07) is 7.82. The van der Waals surface area contributed by atoms with Crippen LogP contribution >= 0.6 is 0 Å². The van der Waals surface area contributed by atoms with E-state index in [4.69, 9.17) is 0 Å². The molecule has 1 aromatic rings. The van der Waals surface area contributed by atoms with E-state index in [1.165, 1.54) is 0 Å². The first-order valence-electron chi connectivity index (χ1n) is 6.67. The summed E-state index contributed by atoms with van der Waals surface area (Å²) >= 11 is 0. The third-order valence-corrected chi connectivity index (χ3v) is 3.27. The van der Waals surface area contributed by atoms with Gasteiger partial charge in [0.15, 0.2) is 0 Å². The smallest absolute Gasteiger partial charge is 0.239 e. The van der Waals surface area contributed by atoms with Gasteiger partial charge in [0, 0.05) is 31.9 Å². The lowest BCUT2D eigenvalue weighted by atomic mass is 10.2. The van der Waals surface area contributed by atoms with Gasteiger partial charge in [-0.3, -0.25) is 4.79 Å². The quantitative estimate of drug-likeness (QED) is 0.838. The van der Waals surface area contributed by atoms with Gasteiger partial charge in [0.25, 0.3) is 0 Å². The molecule has 0 aliphatic carbocycles. The van der Waals surface area contributed by atoms with Crippen molar-refractivity contribution in [3.63, 3.8) is 0 Å². The first-order valence-corrected chi connectivity index (χ1v) is 6.67. The Kier molecular flexibility index (Phi) is 4.90. The average molecular weight is 262 g/mol. The van der Waals surface area contributed by atoms with Crippen molar-refractivity contribution in [2.45, 2.75) is 6.92 Å². The first kappa shape index (κ1) is 14.0. The highest BCUT2D eigenvalue weighted by Gasteiger charge is 2.14. The van der Waals surface area contributed by atoms with E-state index in [0.717, 1.165) is 37.4 Å². The lowest BCUT2D eigenvalue weighted by Crippen LogP contribution is -2.52. The van der Waals surface area contributed by atoms with Crippen LogP contribution in [0.2, 0.25) is 0 Å². The molecule has 104 valence electrons. The van der Waals surface area contributed by atoms with Gasteiger partial charge in [0.05, 0.1) is 6.54 Å². The fourth-order valence-corrected chi connectivity index (χ4v) is 2.08. The largest absolute Gasteiger partial charge is 0.325 e. The predicted octanol–water partition coefficient (Wildman–Crippen LogP) is 0.686. The molecule has 0 unspecified atom stereocenters. The molecule has 1 aromatic carbocycles. The normalized spacial score (nSPS) is 17.4. The van der Waals surface area contributed by atoms with Gasteiger partial charge >= 0.3 is 0 Å². The number of hydrogen-bond acceptors (Lipinski definition) is 4. The zero-order valence-corrected chi connectivity index (χ0v) is 11.6. The van der Waals surface area contributed by atoms with Gasteiger partial charge in [-0.2, -0.15) is 0 Å². The van der Waals surface area contributed by atoms with E-state index in [1.807, 2.05) is 31.2 Å². The number of nitrogens with one attached hydrogen (secondary N) is 2. The number of aryl methyl sites for hydroxylation is 1. The zero-order chi connectivity index (χ0) is 13.7. The van der Waals surface area contributed by atoms with Crippen LogP contribution in [0.1, 0.15) is 5.56 Å². The number of hydrazine groups is 1. The van der Waals surface area contributed by atoms with E-state index in [2.05, 4.69) is 27.7 Å². The van der Waals surface area contributed by atoms with Gasteiger partial charge < -0.3 is 10.2 Å². The highest BCUT2D eigenvalue weighted by molar-refractivity contribution is 5.92. The summed E-state index contributed by atoms with van der Waals surface area (Å²) in [5.74, 6) is -0.00970. The highest BCUT2D eigenvalue weighted by Crippen LogP contribution is 2.08. The molecule has 19 heavy (non-hydrogen) atoms. The molecule has 2 rings (SSSR count). The summed E-state index contributed by atoms with van der Waals surface area (Å²) < 4.78 is 0. The summed E-state index contributed by atoms with van der Waals surface area (Å²) in [5, 5.41) is 5.00. The van der Waals surface area contributed by atoms with Crippen molar-refractivity contribution in [1.82, 2.24) is 15.3 Å². The molecule has 1 aliphatic rings. The van der Waals surface area contributed by atoms with E-state index in [9.17, 15) is 4.79 Å². The number of likely N-dealkylation sites (N-methyl/N-ethyl adjacent to an activating group) is 1. The summed E-state index contributed by atoms with van der Waals surface area (Å²) in [6.07, 6.45) is 0. The second kappa shape index (κ2) is 6.65. The van der Waals surface area contributed by atoms with E-state index in [-0.39, 0.29) is 5.91 Å². The van der Waals surface area contributed by atoms with Gasteiger partial charge in [-0.15, -0.1) is 0 Å². The molecule has 0 bridgehead atoms. The molecule has 1 fully saturated rings. The van der Waals surface area contributed by atoms with Gasteiger partial charge in [0.1, 0.15) is 0 Å². The molecular weight excluding hydrogens is 240 g/mol. The predicted molar refractivity (Wildman–Crippen MR) is 76.9 cm³/mol. The van der Waals surface area contributed by atoms with Crippen LogP contribution in [0.25, 0.3) is 0 Å². The standard InChI is InChI=1S/C14H22N4O/c1-12-4-3-5-13(10-12)16-14(19)11-15-18-8-6-17(2)7-9-18/h3-5,10,15H,6-9,11H2,1-2H3,(H,16,19). The number of hydrogen-bond donors (Lipinski definition) is 2. The lowest BCUT2D eigenvalue weighted by Gasteiger charge is -2.32. The zero-order valence-electron chi connectivity index (χ0n) is 11.6. The number of amides is 1. The Labute approximate surface area is 114 Å². The summed E-state index contributed by atoms with van der Waals surface area (Å²) in [7, 11) is 2.11. The van der Waals surface area contributed by atoms with Crippen LogP contribution in [0.3, 0.4) is 0 Å². The van der Waals surface area contributed by atoms with Crippen molar-refractivity contribution in [2.24, 2.45) is 0 Å².